The minimum absolute atomic E-state index is 0.787. The molecular weight excluding hydrogens is 218 g/mol. The number of allylic oxidation sites excluding steroid dienone is 3. The molecule has 0 unspecified atom stereocenters. The summed E-state index contributed by atoms with van der Waals surface area (Å²) in [6.45, 7) is 10.5. The molecule has 18 heavy (non-hydrogen) atoms. The van der Waals surface area contributed by atoms with E-state index in [4.69, 9.17) is 5.73 Å². The number of nitrogens with two attached hydrogens (primary N) is 1. The van der Waals surface area contributed by atoms with Gasteiger partial charge in [-0.1, -0.05) is 75.4 Å². The molecule has 2 N–H and O–H groups in total. The zero-order valence-electron chi connectivity index (χ0n) is 12.2. The Morgan fingerprint density at radius 3 is 2.06 bits per heavy atom. The first-order chi connectivity index (χ1) is 8.76. The zero-order valence-corrected chi connectivity index (χ0v) is 12.2. The lowest BCUT2D eigenvalue weighted by atomic mass is 10.1. The summed E-state index contributed by atoms with van der Waals surface area (Å²) >= 11 is 0. The summed E-state index contributed by atoms with van der Waals surface area (Å²) in [5.41, 5.74) is 6.76. The Balaban J connectivity index is 0. The SMILES string of the molecule is C=C/C=C\C.CCC.NCCCc1ccccc1. The molecule has 0 atom stereocenters. The fraction of sp³-hybridized carbons (Fsp3) is 0.412. The summed E-state index contributed by atoms with van der Waals surface area (Å²) in [6, 6.07) is 10.4. The average molecular weight is 247 g/mol. The topological polar surface area (TPSA) is 26.0 Å². The third-order valence-corrected chi connectivity index (χ3v) is 1.84. The van der Waals surface area contributed by atoms with Gasteiger partial charge in [0.25, 0.3) is 0 Å². The highest BCUT2D eigenvalue weighted by molar-refractivity contribution is 5.14. The largest absolute Gasteiger partial charge is 0.330 e. The molecule has 0 aromatic heterocycles. The van der Waals surface area contributed by atoms with Gasteiger partial charge in [0.1, 0.15) is 0 Å². The molecule has 0 aliphatic heterocycles. The van der Waals surface area contributed by atoms with E-state index in [2.05, 4.69) is 44.7 Å². The van der Waals surface area contributed by atoms with Gasteiger partial charge in [-0.05, 0) is 31.9 Å². The van der Waals surface area contributed by atoms with Crippen LogP contribution in [0, 0.1) is 0 Å². The van der Waals surface area contributed by atoms with Gasteiger partial charge in [0.05, 0.1) is 0 Å². The minimum atomic E-state index is 0.787. The van der Waals surface area contributed by atoms with E-state index in [1.165, 1.54) is 12.0 Å². The van der Waals surface area contributed by atoms with Crippen molar-refractivity contribution in [1.29, 1.82) is 0 Å². The maximum absolute atomic E-state index is 5.38. The maximum Gasteiger partial charge on any atom is -0.00741 e. The van der Waals surface area contributed by atoms with Crippen LogP contribution in [0.2, 0.25) is 0 Å². The third kappa shape index (κ3) is 17.1. The van der Waals surface area contributed by atoms with Crippen LogP contribution in [0.25, 0.3) is 0 Å². The summed E-state index contributed by atoms with van der Waals surface area (Å²) in [4.78, 5) is 0. The normalized spacial score (nSPS) is 8.89. The molecule has 0 fully saturated rings. The number of benzene rings is 1. The minimum Gasteiger partial charge on any atom is -0.330 e. The molecule has 0 radical (unpaired) electrons. The van der Waals surface area contributed by atoms with Crippen molar-refractivity contribution in [3.8, 4) is 0 Å². The van der Waals surface area contributed by atoms with Gasteiger partial charge >= 0.3 is 0 Å². The Morgan fingerprint density at radius 1 is 1.17 bits per heavy atom. The van der Waals surface area contributed by atoms with Crippen LogP contribution in [0.15, 0.2) is 55.1 Å². The first kappa shape index (κ1) is 19.0. The number of aryl methyl sites for hydroxylation is 1. The van der Waals surface area contributed by atoms with Crippen LogP contribution < -0.4 is 5.73 Å². The van der Waals surface area contributed by atoms with Gasteiger partial charge in [-0.15, -0.1) is 0 Å². The van der Waals surface area contributed by atoms with Crippen molar-refractivity contribution in [2.75, 3.05) is 6.54 Å². The number of hydrogen-bond acceptors (Lipinski definition) is 1. The molecule has 102 valence electrons. The lowest BCUT2D eigenvalue weighted by Crippen LogP contribution is -1.99. The van der Waals surface area contributed by atoms with Gasteiger partial charge in [0.15, 0.2) is 0 Å². The smallest absolute Gasteiger partial charge is 0.00741 e. The highest BCUT2D eigenvalue weighted by atomic mass is 14.5. The Labute approximate surface area is 113 Å². The fourth-order valence-corrected chi connectivity index (χ4v) is 1.09. The van der Waals surface area contributed by atoms with E-state index in [-0.39, 0.29) is 0 Å². The Kier molecular flexibility index (Phi) is 19.0. The van der Waals surface area contributed by atoms with Crippen molar-refractivity contribution in [2.45, 2.75) is 40.0 Å². The van der Waals surface area contributed by atoms with Crippen LogP contribution in [0.1, 0.15) is 39.2 Å². The van der Waals surface area contributed by atoms with Gasteiger partial charge in [0.2, 0.25) is 0 Å². The lowest BCUT2D eigenvalue weighted by molar-refractivity contribution is 0.833. The van der Waals surface area contributed by atoms with Gasteiger partial charge in [0, 0.05) is 0 Å². The molecule has 0 saturated carbocycles. The Morgan fingerprint density at radius 2 is 1.72 bits per heavy atom. The molecular formula is C17H29N. The monoisotopic (exact) mass is 247 g/mol. The van der Waals surface area contributed by atoms with Crippen molar-refractivity contribution < 1.29 is 0 Å². The summed E-state index contributed by atoms with van der Waals surface area (Å²) in [6.07, 6.45) is 9.02. The summed E-state index contributed by atoms with van der Waals surface area (Å²) in [7, 11) is 0. The highest BCUT2D eigenvalue weighted by Gasteiger charge is 1.87. The van der Waals surface area contributed by atoms with Crippen molar-refractivity contribution in [3.05, 3.63) is 60.7 Å². The van der Waals surface area contributed by atoms with Crippen molar-refractivity contribution in [3.63, 3.8) is 0 Å². The van der Waals surface area contributed by atoms with E-state index in [0.29, 0.717) is 0 Å². The average Bonchev–Trinajstić information content (AvgIpc) is 2.40. The second kappa shape index (κ2) is 18.0. The molecule has 0 heterocycles. The zero-order chi connectivity index (χ0) is 14.1. The second-order valence-electron chi connectivity index (χ2n) is 3.85. The molecule has 0 spiro atoms. The lowest BCUT2D eigenvalue weighted by Gasteiger charge is -1.96. The van der Waals surface area contributed by atoms with E-state index in [0.717, 1.165) is 19.4 Å². The second-order valence-corrected chi connectivity index (χ2v) is 3.85. The summed E-state index contributed by atoms with van der Waals surface area (Å²) < 4.78 is 0. The number of hydrogen-bond donors (Lipinski definition) is 1. The molecule has 1 aromatic carbocycles. The Hall–Kier alpha value is -1.34. The number of rotatable bonds is 4. The van der Waals surface area contributed by atoms with Crippen molar-refractivity contribution in [1.82, 2.24) is 0 Å². The van der Waals surface area contributed by atoms with Gasteiger partial charge < -0.3 is 5.73 Å². The first-order valence-corrected chi connectivity index (χ1v) is 6.74. The van der Waals surface area contributed by atoms with Crippen molar-refractivity contribution >= 4 is 0 Å². The molecule has 0 bridgehead atoms. The van der Waals surface area contributed by atoms with Gasteiger partial charge in [-0.2, -0.15) is 0 Å². The fourth-order valence-electron chi connectivity index (χ4n) is 1.09. The van der Waals surface area contributed by atoms with Crippen LogP contribution in [-0.2, 0) is 6.42 Å². The van der Waals surface area contributed by atoms with Crippen LogP contribution in [0.3, 0.4) is 0 Å². The van der Waals surface area contributed by atoms with Crippen LogP contribution >= 0.6 is 0 Å². The standard InChI is InChI=1S/C9H13N.C5H8.C3H8/c10-8-4-7-9-5-2-1-3-6-9;1-3-5-4-2;1-3-2/h1-3,5-6H,4,7-8,10H2;3-5H,1H2,2H3;3H2,1-2H3/b;5-4-;. The predicted octanol–water partition coefficient (Wildman–Crippen LogP) is 4.74. The predicted molar refractivity (Wildman–Crippen MR) is 84.8 cm³/mol. The molecule has 1 rings (SSSR count). The van der Waals surface area contributed by atoms with E-state index >= 15 is 0 Å². The van der Waals surface area contributed by atoms with E-state index in [1.54, 1.807) is 6.08 Å². The van der Waals surface area contributed by atoms with E-state index < -0.39 is 0 Å². The third-order valence-electron chi connectivity index (χ3n) is 1.84. The molecule has 0 aliphatic carbocycles. The molecule has 0 saturated heterocycles. The van der Waals surface area contributed by atoms with Crippen LogP contribution in [0.4, 0.5) is 0 Å². The molecule has 1 nitrogen and oxygen atoms in total. The van der Waals surface area contributed by atoms with E-state index in [9.17, 15) is 0 Å². The van der Waals surface area contributed by atoms with Crippen LogP contribution in [-0.4, -0.2) is 6.54 Å². The summed E-state index contributed by atoms with van der Waals surface area (Å²) in [5, 5.41) is 0. The molecule has 1 heteroatoms. The van der Waals surface area contributed by atoms with E-state index in [1.807, 2.05) is 25.1 Å². The van der Waals surface area contributed by atoms with Gasteiger partial charge in [-0.25, -0.2) is 0 Å². The highest BCUT2D eigenvalue weighted by Crippen LogP contribution is 2.00. The Bertz CT molecular complexity index is 275. The molecule has 1 aromatic rings. The van der Waals surface area contributed by atoms with Crippen molar-refractivity contribution in [2.24, 2.45) is 5.73 Å². The van der Waals surface area contributed by atoms with Gasteiger partial charge in [-0.3, -0.25) is 0 Å². The quantitative estimate of drug-likeness (QED) is 0.764. The summed E-state index contributed by atoms with van der Waals surface area (Å²) in [5.74, 6) is 0. The van der Waals surface area contributed by atoms with Crippen LogP contribution in [0.5, 0.6) is 0 Å². The maximum atomic E-state index is 5.38. The molecule has 0 aliphatic rings. The first-order valence-electron chi connectivity index (χ1n) is 6.74. The molecule has 0 amide bonds.